The lowest BCUT2D eigenvalue weighted by Crippen LogP contribution is -2.10. The number of ether oxygens (including phenoxy) is 1. The van der Waals surface area contributed by atoms with Crippen molar-refractivity contribution in [3.8, 4) is 5.75 Å². The number of benzene rings is 1. The predicted octanol–water partition coefficient (Wildman–Crippen LogP) is 2.92. The third kappa shape index (κ3) is 2.46. The van der Waals surface area contributed by atoms with Gasteiger partial charge in [0.05, 0.1) is 11.0 Å². The number of hydrogen-bond acceptors (Lipinski definition) is 3. The fourth-order valence-electron chi connectivity index (χ4n) is 1.85. The van der Waals surface area contributed by atoms with E-state index in [0.29, 0.717) is 6.10 Å². The molecular weight excluding hydrogens is 194 g/mol. The maximum Gasteiger partial charge on any atom is 0.269 e. The first-order valence-corrected chi connectivity index (χ1v) is 5.17. The molecule has 4 nitrogen and oxygen atoms in total. The predicted molar refractivity (Wildman–Crippen MR) is 56.0 cm³/mol. The molecule has 0 saturated heterocycles. The standard InChI is InChI=1S/C11H13NO3/c13-12(14)9-5-7-11(8-6-9)15-10-3-1-2-4-10/h5-8,10H,1-4H2. The van der Waals surface area contributed by atoms with Gasteiger partial charge in [-0.25, -0.2) is 0 Å². The Morgan fingerprint density at radius 2 is 1.80 bits per heavy atom. The van der Waals surface area contributed by atoms with Crippen LogP contribution in [0.15, 0.2) is 24.3 Å². The molecule has 0 unspecified atom stereocenters. The van der Waals surface area contributed by atoms with E-state index in [1.54, 1.807) is 12.1 Å². The quantitative estimate of drug-likeness (QED) is 0.565. The summed E-state index contributed by atoms with van der Waals surface area (Å²) in [6, 6.07) is 6.28. The molecular formula is C11H13NO3. The summed E-state index contributed by atoms with van der Waals surface area (Å²) >= 11 is 0. The molecule has 0 amide bonds. The van der Waals surface area contributed by atoms with Crippen molar-refractivity contribution in [3.63, 3.8) is 0 Å². The zero-order chi connectivity index (χ0) is 10.7. The van der Waals surface area contributed by atoms with E-state index in [1.165, 1.54) is 25.0 Å². The fourth-order valence-corrected chi connectivity index (χ4v) is 1.85. The second-order valence-corrected chi connectivity index (χ2v) is 3.78. The van der Waals surface area contributed by atoms with Gasteiger partial charge in [-0.3, -0.25) is 10.1 Å². The second-order valence-electron chi connectivity index (χ2n) is 3.78. The Balaban J connectivity index is 2.00. The average Bonchev–Trinajstić information content (AvgIpc) is 2.71. The first-order valence-electron chi connectivity index (χ1n) is 5.17. The molecule has 4 heteroatoms. The molecule has 0 atom stereocenters. The van der Waals surface area contributed by atoms with E-state index in [0.717, 1.165) is 18.6 Å². The Bertz CT molecular complexity index is 341. The van der Waals surface area contributed by atoms with Gasteiger partial charge in [-0.05, 0) is 37.8 Å². The summed E-state index contributed by atoms with van der Waals surface area (Å²) in [4.78, 5) is 10.0. The van der Waals surface area contributed by atoms with Crippen molar-refractivity contribution in [1.29, 1.82) is 0 Å². The van der Waals surface area contributed by atoms with Crippen LogP contribution >= 0.6 is 0 Å². The first kappa shape index (κ1) is 9.96. The molecule has 1 saturated carbocycles. The van der Waals surface area contributed by atoms with Gasteiger partial charge in [0.15, 0.2) is 0 Å². The molecule has 0 N–H and O–H groups in total. The number of non-ortho nitro benzene ring substituents is 1. The lowest BCUT2D eigenvalue weighted by molar-refractivity contribution is -0.384. The normalized spacial score (nSPS) is 16.5. The van der Waals surface area contributed by atoms with Crippen molar-refractivity contribution in [1.82, 2.24) is 0 Å². The summed E-state index contributed by atoms with van der Waals surface area (Å²) in [7, 11) is 0. The van der Waals surface area contributed by atoms with Crippen molar-refractivity contribution >= 4 is 5.69 Å². The number of nitro benzene ring substituents is 1. The molecule has 0 heterocycles. The zero-order valence-electron chi connectivity index (χ0n) is 8.39. The second kappa shape index (κ2) is 4.29. The molecule has 1 aromatic carbocycles. The molecule has 1 aliphatic rings. The van der Waals surface area contributed by atoms with Crippen LogP contribution in [-0.4, -0.2) is 11.0 Å². The van der Waals surface area contributed by atoms with E-state index in [1.807, 2.05) is 0 Å². The minimum absolute atomic E-state index is 0.105. The van der Waals surface area contributed by atoms with Crippen LogP contribution in [0.2, 0.25) is 0 Å². The summed E-state index contributed by atoms with van der Waals surface area (Å²) in [5.41, 5.74) is 0.105. The topological polar surface area (TPSA) is 52.4 Å². The van der Waals surface area contributed by atoms with E-state index in [-0.39, 0.29) is 5.69 Å². The van der Waals surface area contributed by atoms with E-state index in [4.69, 9.17) is 4.74 Å². The lowest BCUT2D eigenvalue weighted by atomic mass is 10.3. The van der Waals surface area contributed by atoms with Gasteiger partial charge in [-0.15, -0.1) is 0 Å². The van der Waals surface area contributed by atoms with Crippen LogP contribution in [0.3, 0.4) is 0 Å². The van der Waals surface area contributed by atoms with Gasteiger partial charge >= 0.3 is 0 Å². The Morgan fingerprint density at radius 3 is 2.33 bits per heavy atom. The molecule has 0 aliphatic heterocycles. The van der Waals surface area contributed by atoms with Gasteiger partial charge < -0.3 is 4.74 Å². The SMILES string of the molecule is O=[N+]([O-])c1ccc(OC2CCCC2)cc1. The summed E-state index contributed by atoms with van der Waals surface area (Å²) in [5, 5.41) is 10.4. The summed E-state index contributed by atoms with van der Waals surface area (Å²) in [6.07, 6.45) is 4.93. The van der Waals surface area contributed by atoms with Gasteiger partial charge in [0.25, 0.3) is 5.69 Å². The highest BCUT2D eigenvalue weighted by Crippen LogP contribution is 2.25. The Hall–Kier alpha value is -1.58. The molecule has 0 bridgehead atoms. The van der Waals surface area contributed by atoms with Crippen molar-refractivity contribution in [2.45, 2.75) is 31.8 Å². The zero-order valence-corrected chi connectivity index (χ0v) is 8.39. The molecule has 15 heavy (non-hydrogen) atoms. The summed E-state index contributed by atoms with van der Waals surface area (Å²) in [5.74, 6) is 0.729. The Labute approximate surface area is 88.0 Å². The van der Waals surface area contributed by atoms with E-state index >= 15 is 0 Å². The number of hydrogen-bond donors (Lipinski definition) is 0. The van der Waals surface area contributed by atoms with Crippen LogP contribution in [0.5, 0.6) is 5.75 Å². The van der Waals surface area contributed by atoms with Gasteiger partial charge in [0, 0.05) is 12.1 Å². The molecule has 80 valence electrons. The molecule has 1 fully saturated rings. The van der Waals surface area contributed by atoms with Gasteiger partial charge in [-0.1, -0.05) is 0 Å². The van der Waals surface area contributed by atoms with Crippen molar-refractivity contribution in [3.05, 3.63) is 34.4 Å². The lowest BCUT2D eigenvalue weighted by Gasteiger charge is -2.12. The molecule has 0 radical (unpaired) electrons. The van der Waals surface area contributed by atoms with Crippen LogP contribution in [-0.2, 0) is 0 Å². The van der Waals surface area contributed by atoms with Crippen LogP contribution in [0.4, 0.5) is 5.69 Å². The summed E-state index contributed by atoms with van der Waals surface area (Å²) < 4.78 is 5.69. The minimum atomic E-state index is -0.403. The van der Waals surface area contributed by atoms with E-state index in [9.17, 15) is 10.1 Å². The van der Waals surface area contributed by atoms with Crippen LogP contribution in [0, 0.1) is 10.1 Å². The number of nitrogens with zero attached hydrogens (tertiary/aromatic N) is 1. The maximum atomic E-state index is 10.4. The maximum absolute atomic E-state index is 10.4. The highest BCUT2D eigenvalue weighted by molar-refractivity contribution is 5.36. The third-order valence-electron chi connectivity index (χ3n) is 2.65. The Morgan fingerprint density at radius 1 is 1.20 bits per heavy atom. The minimum Gasteiger partial charge on any atom is -0.490 e. The highest BCUT2D eigenvalue weighted by Gasteiger charge is 2.16. The molecule has 0 spiro atoms. The van der Waals surface area contributed by atoms with Crippen molar-refractivity contribution in [2.75, 3.05) is 0 Å². The van der Waals surface area contributed by atoms with E-state index in [2.05, 4.69) is 0 Å². The smallest absolute Gasteiger partial charge is 0.269 e. The van der Waals surface area contributed by atoms with Crippen LogP contribution < -0.4 is 4.74 Å². The van der Waals surface area contributed by atoms with E-state index < -0.39 is 4.92 Å². The fraction of sp³-hybridized carbons (Fsp3) is 0.455. The monoisotopic (exact) mass is 207 g/mol. The largest absolute Gasteiger partial charge is 0.490 e. The van der Waals surface area contributed by atoms with Crippen LogP contribution in [0.25, 0.3) is 0 Å². The first-order chi connectivity index (χ1) is 7.25. The third-order valence-corrected chi connectivity index (χ3v) is 2.65. The van der Waals surface area contributed by atoms with Gasteiger partial charge in [0.1, 0.15) is 5.75 Å². The average molecular weight is 207 g/mol. The van der Waals surface area contributed by atoms with Gasteiger partial charge in [-0.2, -0.15) is 0 Å². The summed E-state index contributed by atoms with van der Waals surface area (Å²) in [6.45, 7) is 0. The molecule has 1 aromatic rings. The van der Waals surface area contributed by atoms with Crippen molar-refractivity contribution in [2.24, 2.45) is 0 Å². The van der Waals surface area contributed by atoms with Gasteiger partial charge in [0.2, 0.25) is 0 Å². The molecule has 0 aromatic heterocycles. The number of nitro groups is 1. The van der Waals surface area contributed by atoms with Crippen LogP contribution in [0.1, 0.15) is 25.7 Å². The molecule has 1 aliphatic carbocycles. The van der Waals surface area contributed by atoms with Crippen molar-refractivity contribution < 1.29 is 9.66 Å². The number of rotatable bonds is 3. The Kier molecular flexibility index (Phi) is 2.85. The highest BCUT2D eigenvalue weighted by atomic mass is 16.6. The molecule has 2 rings (SSSR count).